The molecule has 1 aromatic carbocycles. The van der Waals surface area contributed by atoms with Crippen LogP contribution < -0.4 is 17.2 Å². The lowest BCUT2D eigenvalue weighted by Crippen LogP contribution is -2.55. The zero-order chi connectivity index (χ0) is 21.5. The maximum atomic E-state index is 10.1. The number of aromatic nitrogens is 2. The first-order chi connectivity index (χ1) is 14.3. The fraction of sp³-hybridized carbons (Fsp3) is 0.364. The highest BCUT2D eigenvalue weighted by Gasteiger charge is 2.60. The standard InChI is InChI=1S/C22H27BrN6O/c1-13-11-29(12-14-7-22(13,14)8-20-27-9-15(23)10-28-20)18(21(25)26)6-17(24)16-4-2-3-5-19(16)30/h2-6,9-10,13-14,30H,7-8,11-12,24-26H2,1H3/p+1/b17-6-. The van der Waals surface area contributed by atoms with E-state index in [2.05, 4.69) is 43.5 Å². The number of fused-ring (bicyclic) bond motifs is 1. The summed E-state index contributed by atoms with van der Waals surface area (Å²) in [5.41, 5.74) is 18.5. The van der Waals surface area contributed by atoms with E-state index in [0.717, 1.165) is 41.9 Å². The second-order valence-electron chi connectivity index (χ2n) is 8.46. The third-order valence-corrected chi connectivity index (χ3v) is 6.94. The van der Waals surface area contributed by atoms with E-state index in [1.54, 1.807) is 18.2 Å². The van der Waals surface area contributed by atoms with Gasteiger partial charge >= 0.3 is 0 Å². The van der Waals surface area contributed by atoms with E-state index >= 15 is 0 Å². The van der Waals surface area contributed by atoms with Gasteiger partial charge in [0, 0.05) is 43.2 Å². The normalized spacial score (nSPS) is 26.8. The van der Waals surface area contributed by atoms with Crippen molar-refractivity contribution >= 4 is 21.6 Å². The molecular formula is C22H28BrN6O+. The molecule has 3 atom stereocenters. The largest absolute Gasteiger partial charge is 0.507 e. The van der Waals surface area contributed by atoms with Crippen LogP contribution in [0.1, 0.15) is 24.7 Å². The van der Waals surface area contributed by atoms with Crippen LogP contribution in [0.2, 0.25) is 0 Å². The fourth-order valence-corrected chi connectivity index (χ4v) is 4.95. The van der Waals surface area contributed by atoms with Crippen molar-refractivity contribution in [2.45, 2.75) is 19.8 Å². The van der Waals surface area contributed by atoms with Crippen LogP contribution in [0.5, 0.6) is 5.75 Å². The number of allylic oxidation sites excluding steroid dienone is 1. The van der Waals surface area contributed by atoms with Gasteiger partial charge in [0.2, 0.25) is 5.82 Å². The Labute approximate surface area is 184 Å². The van der Waals surface area contributed by atoms with E-state index in [4.69, 9.17) is 11.5 Å². The number of piperidine rings is 1. The highest BCUT2D eigenvalue weighted by Crippen LogP contribution is 2.62. The molecule has 1 saturated heterocycles. The number of nitrogens with zero attached hydrogens (tertiary/aromatic N) is 3. The summed E-state index contributed by atoms with van der Waals surface area (Å²) in [6.07, 6.45) is 7.51. The molecule has 8 N–H and O–H groups in total. The second-order valence-corrected chi connectivity index (χ2v) is 9.38. The van der Waals surface area contributed by atoms with E-state index in [9.17, 15) is 5.11 Å². The Morgan fingerprint density at radius 2 is 2.00 bits per heavy atom. The van der Waals surface area contributed by atoms with Crippen LogP contribution in [-0.2, 0) is 6.42 Å². The quantitative estimate of drug-likeness (QED) is 0.492. The summed E-state index contributed by atoms with van der Waals surface area (Å²) < 4.78 is 0.897. The SMILES string of the molecule is CC1CN(C(/C=C(\N)c2ccccc2O)=C(\N)[NH3+])CC2CC12Cc1ncc(Br)cn1. The summed E-state index contributed by atoms with van der Waals surface area (Å²) >= 11 is 3.40. The molecule has 30 heavy (non-hydrogen) atoms. The molecule has 0 bridgehead atoms. The number of quaternary nitrogens is 1. The lowest BCUT2D eigenvalue weighted by molar-refractivity contribution is -0.307. The number of hydrogen-bond acceptors (Lipinski definition) is 6. The van der Waals surface area contributed by atoms with Gasteiger partial charge in [-0.3, -0.25) is 0 Å². The van der Waals surface area contributed by atoms with Crippen molar-refractivity contribution < 1.29 is 10.8 Å². The van der Waals surface area contributed by atoms with Crippen molar-refractivity contribution in [3.05, 3.63) is 70.1 Å². The van der Waals surface area contributed by atoms with Crippen LogP contribution in [0.25, 0.3) is 5.70 Å². The van der Waals surface area contributed by atoms with Crippen molar-refractivity contribution in [2.24, 2.45) is 28.7 Å². The minimum atomic E-state index is 0.149. The minimum Gasteiger partial charge on any atom is -0.507 e. The predicted molar refractivity (Wildman–Crippen MR) is 119 cm³/mol. The Kier molecular flexibility index (Phi) is 5.46. The Morgan fingerprint density at radius 1 is 1.30 bits per heavy atom. The summed E-state index contributed by atoms with van der Waals surface area (Å²) in [5.74, 6) is 2.54. The van der Waals surface area contributed by atoms with Gasteiger partial charge in [-0.1, -0.05) is 19.1 Å². The molecule has 2 heterocycles. The molecule has 1 aliphatic carbocycles. The smallest absolute Gasteiger partial charge is 0.217 e. The number of benzene rings is 1. The van der Waals surface area contributed by atoms with Crippen LogP contribution in [0, 0.1) is 17.3 Å². The maximum absolute atomic E-state index is 10.1. The zero-order valence-electron chi connectivity index (χ0n) is 17.1. The molecule has 2 aromatic rings. The summed E-state index contributed by atoms with van der Waals surface area (Å²) in [4.78, 5) is 11.2. The van der Waals surface area contributed by atoms with Crippen molar-refractivity contribution in [3.63, 3.8) is 0 Å². The highest BCUT2D eigenvalue weighted by atomic mass is 79.9. The Hall–Kier alpha value is -2.58. The van der Waals surface area contributed by atoms with Gasteiger partial charge in [0.15, 0.2) is 0 Å². The highest BCUT2D eigenvalue weighted by molar-refractivity contribution is 9.10. The number of likely N-dealkylation sites (tertiary alicyclic amines) is 1. The number of phenolic OH excluding ortho intramolecular Hbond substituents is 1. The molecule has 2 aliphatic rings. The van der Waals surface area contributed by atoms with Crippen LogP contribution in [0.4, 0.5) is 0 Å². The Bertz CT molecular complexity index is 1000. The topological polar surface area (TPSA) is 129 Å². The van der Waals surface area contributed by atoms with E-state index in [1.807, 2.05) is 24.5 Å². The minimum absolute atomic E-state index is 0.149. The van der Waals surface area contributed by atoms with Crippen LogP contribution in [0.15, 0.2) is 58.7 Å². The van der Waals surface area contributed by atoms with Gasteiger partial charge in [0.1, 0.15) is 17.3 Å². The third kappa shape index (κ3) is 3.89. The molecular weight excluding hydrogens is 444 g/mol. The molecule has 158 valence electrons. The lowest BCUT2D eigenvalue weighted by atomic mass is 9.81. The number of nitrogens with two attached hydrogens (primary N) is 2. The fourth-order valence-electron chi connectivity index (χ4n) is 4.74. The maximum Gasteiger partial charge on any atom is 0.217 e. The van der Waals surface area contributed by atoms with Gasteiger partial charge in [-0.25, -0.2) is 9.97 Å². The zero-order valence-corrected chi connectivity index (χ0v) is 18.6. The number of hydrogen-bond donors (Lipinski definition) is 4. The van der Waals surface area contributed by atoms with Crippen molar-refractivity contribution in [2.75, 3.05) is 13.1 Å². The van der Waals surface area contributed by atoms with Crippen molar-refractivity contribution in [3.8, 4) is 5.75 Å². The first-order valence-corrected chi connectivity index (χ1v) is 10.9. The number of halogens is 1. The van der Waals surface area contributed by atoms with E-state index in [1.165, 1.54) is 0 Å². The van der Waals surface area contributed by atoms with E-state index in [-0.39, 0.29) is 11.2 Å². The summed E-state index contributed by atoms with van der Waals surface area (Å²) in [5, 5.41) is 10.1. The lowest BCUT2D eigenvalue weighted by Gasteiger charge is -2.38. The van der Waals surface area contributed by atoms with Gasteiger partial charge in [-0.15, -0.1) is 0 Å². The molecule has 1 aromatic heterocycles. The molecule has 1 aliphatic heterocycles. The van der Waals surface area contributed by atoms with Crippen LogP contribution in [0.3, 0.4) is 0 Å². The Morgan fingerprint density at radius 3 is 2.63 bits per heavy atom. The van der Waals surface area contributed by atoms with Gasteiger partial charge in [-0.2, -0.15) is 0 Å². The molecule has 0 amide bonds. The van der Waals surface area contributed by atoms with E-state index in [0.29, 0.717) is 28.9 Å². The third-order valence-electron chi connectivity index (χ3n) is 6.53. The molecule has 3 unspecified atom stereocenters. The molecule has 2 fully saturated rings. The summed E-state index contributed by atoms with van der Waals surface area (Å²) in [6.45, 7) is 4.05. The van der Waals surface area contributed by atoms with Crippen molar-refractivity contribution in [1.82, 2.24) is 14.9 Å². The average molecular weight is 472 g/mol. The molecule has 0 spiro atoms. The van der Waals surface area contributed by atoms with E-state index < -0.39 is 0 Å². The van der Waals surface area contributed by atoms with Gasteiger partial charge in [0.25, 0.3) is 0 Å². The number of rotatable bonds is 5. The molecule has 0 radical (unpaired) electrons. The number of phenols is 1. The first-order valence-electron chi connectivity index (χ1n) is 10.1. The van der Waals surface area contributed by atoms with Crippen LogP contribution in [-0.4, -0.2) is 33.1 Å². The predicted octanol–water partition coefficient (Wildman–Crippen LogP) is 1.81. The molecule has 4 rings (SSSR count). The van der Waals surface area contributed by atoms with Gasteiger partial charge < -0.3 is 27.2 Å². The average Bonchev–Trinajstić information content (AvgIpc) is 3.42. The van der Waals surface area contributed by atoms with Gasteiger partial charge in [0.05, 0.1) is 4.47 Å². The number of para-hydroxylation sites is 1. The number of aromatic hydroxyl groups is 1. The van der Waals surface area contributed by atoms with Crippen molar-refractivity contribution in [1.29, 1.82) is 0 Å². The summed E-state index contributed by atoms with van der Waals surface area (Å²) in [7, 11) is 0. The first kappa shape index (κ1) is 20.7. The Balaban J connectivity index is 1.53. The van der Waals surface area contributed by atoms with Crippen LogP contribution >= 0.6 is 15.9 Å². The van der Waals surface area contributed by atoms with Gasteiger partial charge in [-0.05, 0) is 57.8 Å². The monoisotopic (exact) mass is 471 g/mol. The molecule has 1 saturated carbocycles. The molecule has 8 heteroatoms. The summed E-state index contributed by atoms with van der Waals surface area (Å²) in [6, 6.07) is 7.03. The molecule has 7 nitrogen and oxygen atoms in total. The second kappa shape index (κ2) is 7.92.